The largest absolute Gasteiger partial charge is 0.384 e. The molecule has 0 saturated carbocycles. The van der Waals surface area contributed by atoms with Crippen LogP contribution in [0.15, 0.2) is 29.2 Å². The van der Waals surface area contributed by atoms with E-state index >= 15 is 0 Å². The molecule has 0 bridgehead atoms. The molecule has 1 aliphatic rings. The van der Waals surface area contributed by atoms with Crippen molar-refractivity contribution in [3.05, 3.63) is 29.8 Å². The third kappa shape index (κ3) is 3.83. The summed E-state index contributed by atoms with van der Waals surface area (Å²) in [5.74, 6) is 0.455. The van der Waals surface area contributed by atoms with Crippen LogP contribution in [0, 0.1) is 5.92 Å². The van der Waals surface area contributed by atoms with Crippen LogP contribution in [0.4, 0.5) is 0 Å². The number of methoxy groups -OCH3 is 1. The van der Waals surface area contributed by atoms with Gasteiger partial charge in [0.15, 0.2) is 0 Å². The molecule has 5 nitrogen and oxygen atoms in total. The zero-order valence-electron chi connectivity index (χ0n) is 12.7. The summed E-state index contributed by atoms with van der Waals surface area (Å²) in [5.41, 5.74) is 6.67. The maximum atomic E-state index is 12.7. The molecule has 0 aromatic heterocycles. The fourth-order valence-electron chi connectivity index (χ4n) is 2.66. The fourth-order valence-corrected chi connectivity index (χ4v) is 4.18. The van der Waals surface area contributed by atoms with Gasteiger partial charge in [-0.1, -0.05) is 12.1 Å². The summed E-state index contributed by atoms with van der Waals surface area (Å²) in [6.07, 6.45) is 1.69. The lowest BCUT2D eigenvalue weighted by atomic mass is 9.99. The molecule has 1 atom stereocenters. The molecule has 1 aromatic rings. The van der Waals surface area contributed by atoms with Gasteiger partial charge in [-0.25, -0.2) is 8.42 Å². The number of benzene rings is 1. The molecular formula is C15H24N2O3S. The summed E-state index contributed by atoms with van der Waals surface area (Å²) in [6, 6.07) is 6.76. The predicted molar refractivity (Wildman–Crippen MR) is 82.4 cm³/mol. The van der Waals surface area contributed by atoms with Gasteiger partial charge in [0, 0.05) is 32.8 Å². The van der Waals surface area contributed by atoms with Crippen molar-refractivity contribution in [1.82, 2.24) is 4.31 Å². The molecule has 1 saturated heterocycles. The third-order valence-electron chi connectivity index (χ3n) is 4.00. The molecule has 0 aliphatic carbocycles. The normalized spacial score (nSPS) is 19.6. The molecule has 1 aliphatic heterocycles. The first-order chi connectivity index (χ1) is 9.95. The van der Waals surface area contributed by atoms with Crippen LogP contribution in [0.2, 0.25) is 0 Å². The lowest BCUT2D eigenvalue weighted by molar-refractivity contribution is 0.121. The van der Waals surface area contributed by atoms with Gasteiger partial charge in [0.1, 0.15) is 0 Å². The van der Waals surface area contributed by atoms with Gasteiger partial charge in [-0.3, -0.25) is 0 Å². The first-order valence-electron chi connectivity index (χ1n) is 7.29. The van der Waals surface area contributed by atoms with Crippen LogP contribution in [0.25, 0.3) is 0 Å². The quantitative estimate of drug-likeness (QED) is 0.899. The molecule has 0 spiro atoms. The average Bonchev–Trinajstić information content (AvgIpc) is 2.48. The Balaban J connectivity index is 2.14. The van der Waals surface area contributed by atoms with Crippen molar-refractivity contribution < 1.29 is 13.2 Å². The van der Waals surface area contributed by atoms with E-state index in [1.165, 1.54) is 0 Å². The second-order valence-electron chi connectivity index (χ2n) is 5.66. The number of hydrogen-bond acceptors (Lipinski definition) is 4. The fraction of sp³-hybridized carbons (Fsp3) is 0.600. The minimum atomic E-state index is -3.42. The minimum absolute atomic E-state index is 0.174. The van der Waals surface area contributed by atoms with E-state index < -0.39 is 10.0 Å². The van der Waals surface area contributed by atoms with Crippen molar-refractivity contribution in [3.8, 4) is 0 Å². The maximum Gasteiger partial charge on any atom is 0.243 e. The number of rotatable bonds is 5. The van der Waals surface area contributed by atoms with Crippen molar-refractivity contribution in [2.45, 2.75) is 30.7 Å². The van der Waals surface area contributed by atoms with Gasteiger partial charge in [-0.05, 0) is 43.4 Å². The zero-order chi connectivity index (χ0) is 15.5. The van der Waals surface area contributed by atoms with E-state index in [1.54, 1.807) is 29.6 Å². The van der Waals surface area contributed by atoms with Crippen molar-refractivity contribution in [1.29, 1.82) is 0 Å². The molecule has 118 valence electrons. The number of ether oxygens (including phenoxy) is 1. The van der Waals surface area contributed by atoms with Crippen LogP contribution in [0.1, 0.15) is 31.4 Å². The van der Waals surface area contributed by atoms with E-state index in [0.717, 1.165) is 18.4 Å². The Morgan fingerprint density at radius 2 is 2.05 bits per heavy atom. The van der Waals surface area contributed by atoms with Crippen LogP contribution in [-0.4, -0.2) is 39.5 Å². The van der Waals surface area contributed by atoms with Crippen molar-refractivity contribution in [2.24, 2.45) is 11.7 Å². The van der Waals surface area contributed by atoms with Gasteiger partial charge in [0.25, 0.3) is 0 Å². The van der Waals surface area contributed by atoms with Gasteiger partial charge in [0.2, 0.25) is 10.0 Å². The molecule has 0 radical (unpaired) electrons. The summed E-state index contributed by atoms with van der Waals surface area (Å²) in [7, 11) is -1.74. The number of nitrogens with two attached hydrogens (primary N) is 1. The Bertz CT molecular complexity index is 564. The van der Waals surface area contributed by atoms with Gasteiger partial charge >= 0.3 is 0 Å². The summed E-state index contributed by atoms with van der Waals surface area (Å²) in [4.78, 5) is 0.336. The van der Waals surface area contributed by atoms with Gasteiger partial charge < -0.3 is 10.5 Å². The van der Waals surface area contributed by atoms with Crippen LogP contribution in [-0.2, 0) is 14.8 Å². The Morgan fingerprint density at radius 3 is 2.62 bits per heavy atom. The molecule has 6 heteroatoms. The Morgan fingerprint density at radius 1 is 1.38 bits per heavy atom. The molecular weight excluding hydrogens is 288 g/mol. The molecule has 1 heterocycles. The highest BCUT2D eigenvalue weighted by molar-refractivity contribution is 7.89. The van der Waals surface area contributed by atoms with Crippen LogP contribution in [0.5, 0.6) is 0 Å². The van der Waals surface area contributed by atoms with Crippen molar-refractivity contribution >= 4 is 10.0 Å². The standard InChI is InChI=1S/C15H24N2O3S/c1-12(16)14-4-3-5-15(10-14)21(18,19)17-8-6-13(7-9-17)11-20-2/h3-5,10,12-13H,6-9,11,16H2,1-2H3. The lowest BCUT2D eigenvalue weighted by Crippen LogP contribution is -2.39. The van der Waals surface area contributed by atoms with E-state index in [9.17, 15) is 8.42 Å². The van der Waals surface area contributed by atoms with Gasteiger partial charge in [-0.2, -0.15) is 4.31 Å². The summed E-state index contributed by atoms with van der Waals surface area (Å²) in [6.45, 7) is 3.66. The van der Waals surface area contributed by atoms with Crippen molar-refractivity contribution in [2.75, 3.05) is 26.8 Å². The maximum absolute atomic E-state index is 12.7. The van der Waals surface area contributed by atoms with E-state index in [4.69, 9.17) is 10.5 Å². The lowest BCUT2D eigenvalue weighted by Gasteiger charge is -2.31. The van der Waals surface area contributed by atoms with Gasteiger partial charge in [0.05, 0.1) is 4.90 Å². The van der Waals surface area contributed by atoms with Crippen LogP contribution >= 0.6 is 0 Å². The van der Waals surface area contributed by atoms with Crippen molar-refractivity contribution in [3.63, 3.8) is 0 Å². The number of sulfonamides is 1. The molecule has 2 N–H and O–H groups in total. The highest BCUT2D eigenvalue weighted by Crippen LogP contribution is 2.25. The highest BCUT2D eigenvalue weighted by atomic mass is 32.2. The summed E-state index contributed by atoms with van der Waals surface area (Å²) >= 11 is 0. The minimum Gasteiger partial charge on any atom is -0.384 e. The molecule has 21 heavy (non-hydrogen) atoms. The van der Waals surface area contributed by atoms with Crippen LogP contribution in [0.3, 0.4) is 0 Å². The number of nitrogens with zero attached hydrogens (tertiary/aromatic N) is 1. The molecule has 2 rings (SSSR count). The Hall–Kier alpha value is -0.950. The Labute approximate surface area is 127 Å². The zero-order valence-corrected chi connectivity index (χ0v) is 13.5. The molecule has 0 amide bonds. The SMILES string of the molecule is COCC1CCN(S(=O)(=O)c2cccc(C(C)N)c2)CC1. The van der Waals surface area contributed by atoms with E-state index in [2.05, 4.69) is 0 Å². The number of piperidine rings is 1. The Kier molecular flexibility index (Phi) is 5.37. The van der Waals surface area contributed by atoms with Crippen LogP contribution < -0.4 is 5.73 Å². The summed E-state index contributed by atoms with van der Waals surface area (Å²) < 4.78 is 32.1. The third-order valence-corrected chi connectivity index (χ3v) is 5.89. The molecule has 1 unspecified atom stereocenters. The van der Waals surface area contributed by atoms with E-state index in [0.29, 0.717) is 30.5 Å². The second kappa shape index (κ2) is 6.87. The van der Waals surface area contributed by atoms with E-state index in [1.807, 2.05) is 13.0 Å². The van der Waals surface area contributed by atoms with E-state index in [-0.39, 0.29) is 6.04 Å². The smallest absolute Gasteiger partial charge is 0.243 e. The second-order valence-corrected chi connectivity index (χ2v) is 7.60. The topological polar surface area (TPSA) is 72.6 Å². The average molecular weight is 312 g/mol. The first kappa shape index (κ1) is 16.4. The number of hydrogen-bond donors (Lipinski definition) is 1. The molecule has 1 fully saturated rings. The summed E-state index contributed by atoms with van der Waals surface area (Å²) in [5, 5.41) is 0. The molecule has 1 aromatic carbocycles. The highest BCUT2D eigenvalue weighted by Gasteiger charge is 2.29. The van der Waals surface area contributed by atoms with Gasteiger partial charge in [-0.15, -0.1) is 0 Å². The first-order valence-corrected chi connectivity index (χ1v) is 8.73. The predicted octanol–water partition coefficient (Wildman–Crippen LogP) is 1.75. The monoisotopic (exact) mass is 312 g/mol.